The summed E-state index contributed by atoms with van der Waals surface area (Å²) in [5.41, 5.74) is 0.422. The molecular formula is C23H19Cl2FN4O2S. The molecule has 0 unspecified atom stereocenters. The SMILES string of the molecule is CN1CCN(CCOc2ccc3c(c2Cl)c2cc(F)oc2c2sc4ncnc(Cl)c4c32)CC1. The number of furan rings is 1. The maximum atomic E-state index is 14.3. The minimum absolute atomic E-state index is 0.336. The van der Waals surface area contributed by atoms with Crippen LogP contribution in [0.15, 0.2) is 28.9 Å². The van der Waals surface area contributed by atoms with Crippen molar-refractivity contribution < 1.29 is 13.5 Å². The van der Waals surface area contributed by atoms with Crippen molar-refractivity contribution in [3.63, 3.8) is 0 Å². The van der Waals surface area contributed by atoms with E-state index in [0.29, 0.717) is 49.1 Å². The standard InChI is InChI=1S/C23H19Cl2FN4O2S/c1-29-4-6-30(7-5-29)8-9-31-14-3-2-12-16(19(14)24)13-10-15(26)32-20(13)21-17(12)18-22(25)27-11-28-23(18)33-21/h2-3,10-11H,4-9H2,1H3. The molecule has 3 aromatic heterocycles. The number of fused-ring (bicyclic) bond motifs is 8. The summed E-state index contributed by atoms with van der Waals surface area (Å²) in [5.74, 6) is 0.558. The van der Waals surface area contributed by atoms with Crippen molar-refractivity contribution in [2.45, 2.75) is 0 Å². The molecule has 1 aliphatic heterocycles. The van der Waals surface area contributed by atoms with Gasteiger partial charge in [-0.3, -0.25) is 4.90 Å². The van der Waals surface area contributed by atoms with E-state index in [0.717, 1.165) is 48.2 Å². The minimum atomic E-state index is -0.675. The van der Waals surface area contributed by atoms with Crippen LogP contribution in [0, 0.1) is 6.01 Å². The Morgan fingerprint density at radius 2 is 1.91 bits per heavy atom. The van der Waals surface area contributed by atoms with Gasteiger partial charge in [0.1, 0.15) is 28.7 Å². The normalized spacial score (nSPS) is 16.0. The second-order valence-electron chi connectivity index (χ2n) is 8.24. The molecule has 0 aliphatic carbocycles. The monoisotopic (exact) mass is 504 g/mol. The van der Waals surface area contributed by atoms with E-state index in [1.54, 1.807) is 0 Å². The lowest BCUT2D eigenvalue weighted by Gasteiger charge is -2.32. The third kappa shape index (κ3) is 3.52. The molecule has 0 bridgehead atoms. The second-order valence-corrected chi connectivity index (χ2v) is 9.97. The van der Waals surface area contributed by atoms with E-state index in [1.165, 1.54) is 23.7 Å². The number of ether oxygens (including phenoxy) is 1. The summed E-state index contributed by atoms with van der Waals surface area (Å²) in [4.78, 5) is 13.9. The van der Waals surface area contributed by atoms with Crippen LogP contribution in [0.3, 0.4) is 0 Å². The van der Waals surface area contributed by atoms with Gasteiger partial charge in [-0.1, -0.05) is 23.2 Å². The molecule has 5 aromatic rings. The van der Waals surface area contributed by atoms with Crippen molar-refractivity contribution in [3.05, 3.63) is 40.7 Å². The fourth-order valence-electron chi connectivity index (χ4n) is 4.53. The largest absolute Gasteiger partial charge is 0.491 e. The zero-order valence-corrected chi connectivity index (χ0v) is 20.0. The van der Waals surface area contributed by atoms with E-state index in [1.807, 2.05) is 12.1 Å². The molecule has 0 radical (unpaired) electrons. The van der Waals surface area contributed by atoms with Crippen LogP contribution in [-0.2, 0) is 0 Å². The van der Waals surface area contributed by atoms with Crippen LogP contribution in [0.2, 0.25) is 10.2 Å². The van der Waals surface area contributed by atoms with Crippen LogP contribution in [0.25, 0.3) is 42.0 Å². The number of benzene rings is 2. The molecule has 10 heteroatoms. The lowest BCUT2D eigenvalue weighted by atomic mass is 10.0. The van der Waals surface area contributed by atoms with Gasteiger partial charge in [-0.15, -0.1) is 11.3 Å². The molecule has 170 valence electrons. The molecule has 0 N–H and O–H groups in total. The van der Waals surface area contributed by atoms with Crippen molar-refractivity contribution in [2.24, 2.45) is 0 Å². The predicted octanol–water partition coefficient (Wildman–Crippen LogP) is 5.82. The molecule has 1 fully saturated rings. The topological polar surface area (TPSA) is 54.6 Å². The Morgan fingerprint density at radius 3 is 2.73 bits per heavy atom. The number of piperazine rings is 1. The van der Waals surface area contributed by atoms with Crippen LogP contribution < -0.4 is 4.74 Å². The predicted molar refractivity (Wildman–Crippen MR) is 132 cm³/mol. The first kappa shape index (κ1) is 21.3. The molecular weight excluding hydrogens is 486 g/mol. The van der Waals surface area contributed by atoms with Crippen molar-refractivity contribution in [1.82, 2.24) is 19.8 Å². The van der Waals surface area contributed by atoms with Crippen molar-refractivity contribution in [2.75, 3.05) is 46.4 Å². The molecule has 6 rings (SSSR count). The van der Waals surface area contributed by atoms with E-state index in [9.17, 15) is 4.39 Å². The van der Waals surface area contributed by atoms with Crippen LogP contribution in [0.1, 0.15) is 0 Å². The number of hydrogen-bond acceptors (Lipinski definition) is 7. The number of halogens is 3. The Bertz CT molecular complexity index is 1530. The third-order valence-corrected chi connectivity index (χ3v) is 8.01. The van der Waals surface area contributed by atoms with Gasteiger partial charge in [-0.05, 0) is 24.6 Å². The lowest BCUT2D eigenvalue weighted by Crippen LogP contribution is -2.45. The van der Waals surface area contributed by atoms with Crippen molar-refractivity contribution >= 4 is 76.6 Å². The Morgan fingerprint density at radius 1 is 1.09 bits per heavy atom. The summed E-state index contributed by atoms with van der Waals surface area (Å²) in [6, 6.07) is 4.49. The van der Waals surface area contributed by atoms with Gasteiger partial charge in [0, 0.05) is 54.9 Å². The highest BCUT2D eigenvalue weighted by molar-refractivity contribution is 7.26. The Kier molecular flexibility index (Phi) is 5.31. The summed E-state index contributed by atoms with van der Waals surface area (Å²) >= 11 is 14.7. The van der Waals surface area contributed by atoms with E-state index >= 15 is 0 Å². The van der Waals surface area contributed by atoms with E-state index in [4.69, 9.17) is 32.4 Å². The molecule has 0 atom stereocenters. The van der Waals surface area contributed by atoms with Gasteiger partial charge in [-0.25, -0.2) is 9.97 Å². The number of aromatic nitrogens is 2. The first-order valence-electron chi connectivity index (χ1n) is 10.6. The van der Waals surface area contributed by atoms with Crippen LogP contribution in [0.5, 0.6) is 5.75 Å². The first-order chi connectivity index (χ1) is 16.0. The van der Waals surface area contributed by atoms with E-state index < -0.39 is 6.01 Å². The highest BCUT2D eigenvalue weighted by atomic mass is 35.5. The number of nitrogens with zero attached hydrogens (tertiary/aromatic N) is 4. The summed E-state index contributed by atoms with van der Waals surface area (Å²) in [7, 11) is 2.13. The van der Waals surface area contributed by atoms with Gasteiger partial charge in [0.25, 0.3) is 6.01 Å². The Balaban J connectivity index is 1.47. The number of thiophene rings is 1. The Labute approximate surface area is 202 Å². The fourth-order valence-corrected chi connectivity index (χ4v) is 6.28. The third-order valence-electron chi connectivity index (χ3n) is 6.26. The molecule has 0 amide bonds. The van der Waals surface area contributed by atoms with E-state index in [2.05, 4.69) is 26.8 Å². The fraction of sp³-hybridized carbons (Fsp3) is 0.304. The van der Waals surface area contributed by atoms with Crippen LogP contribution in [0.4, 0.5) is 4.39 Å². The lowest BCUT2D eigenvalue weighted by molar-refractivity contribution is 0.134. The molecule has 6 nitrogen and oxygen atoms in total. The molecule has 0 saturated carbocycles. The van der Waals surface area contributed by atoms with Crippen LogP contribution in [-0.4, -0.2) is 66.1 Å². The quantitative estimate of drug-likeness (QED) is 0.287. The van der Waals surface area contributed by atoms with E-state index in [-0.39, 0.29) is 0 Å². The zero-order chi connectivity index (χ0) is 22.7. The van der Waals surface area contributed by atoms with Gasteiger partial charge in [0.15, 0.2) is 5.58 Å². The number of rotatable bonds is 4. The molecule has 4 heterocycles. The highest BCUT2D eigenvalue weighted by Crippen LogP contribution is 2.48. The smallest absolute Gasteiger partial charge is 0.278 e. The van der Waals surface area contributed by atoms with Gasteiger partial charge in [0.05, 0.1) is 15.1 Å². The molecule has 33 heavy (non-hydrogen) atoms. The van der Waals surface area contributed by atoms with Crippen molar-refractivity contribution in [3.8, 4) is 5.75 Å². The maximum Gasteiger partial charge on any atom is 0.278 e. The van der Waals surface area contributed by atoms with Gasteiger partial charge < -0.3 is 14.1 Å². The molecule has 1 aliphatic rings. The first-order valence-corrected chi connectivity index (χ1v) is 12.2. The highest BCUT2D eigenvalue weighted by Gasteiger charge is 2.23. The summed E-state index contributed by atoms with van der Waals surface area (Å²) in [6.07, 6.45) is 1.42. The summed E-state index contributed by atoms with van der Waals surface area (Å²) < 4.78 is 26.6. The molecule has 0 spiro atoms. The average Bonchev–Trinajstić information content (AvgIpc) is 3.38. The van der Waals surface area contributed by atoms with Crippen LogP contribution >= 0.6 is 34.5 Å². The van der Waals surface area contributed by atoms with Gasteiger partial charge >= 0.3 is 0 Å². The molecule has 1 saturated heterocycles. The number of likely N-dealkylation sites (N-methyl/N-ethyl adjacent to an activating group) is 1. The number of hydrogen-bond donors (Lipinski definition) is 0. The maximum absolute atomic E-state index is 14.3. The summed E-state index contributed by atoms with van der Waals surface area (Å²) in [6.45, 7) is 5.48. The van der Waals surface area contributed by atoms with Gasteiger partial charge in [0.2, 0.25) is 0 Å². The summed E-state index contributed by atoms with van der Waals surface area (Å²) in [5, 5.41) is 4.38. The average molecular weight is 505 g/mol. The van der Waals surface area contributed by atoms with Gasteiger partial charge in [-0.2, -0.15) is 4.39 Å². The second kappa shape index (κ2) is 8.21. The zero-order valence-electron chi connectivity index (χ0n) is 17.7. The van der Waals surface area contributed by atoms with Crippen molar-refractivity contribution in [1.29, 1.82) is 0 Å². The minimum Gasteiger partial charge on any atom is -0.491 e. The molecule has 2 aromatic carbocycles. The Hall–Kier alpha value is -2.23.